The lowest BCUT2D eigenvalue weighted by atomic mass is 10.2. The first-order chi connectivity index (χ1) is 8.24. The Hall–Kier alpha value is -1.81. The van der Waals surface area contributed by atoms with Gasteiger partial charge in [-0.3, -0.25) is 0 Å². The third-order valence-electron chi connectivity index (χ3n) is 2.06. The predicted molar refractivity (Wildman–Crippen MR) is 67.0 cm³/mol. The Labute approximate surface area is 103 Å². The Balaban J connectivity index is 1.98. The van der Waals surface area contributed by atoms with E-state index in [2.05, 4.69) is 0 Å². The van der Waals surface area contributed by atoms with Crippen molar-refractivity contribution in [2.75, 3.05) is 0 Å². The fraction of sp³-hybridized carbons (Fsp3) is 0.0769. The molecule has 2 rings (SSSR count). The molecular formula is C13H12O3S. The number of hydrogen-bond donors (Lipinski definition) is 0. The Morgan fingerprint density at radius 3 is 2.24 bits per heavy atom. The van der Waals surface area contributed by atoms with Gasteiger partial charge in [0.1, 0.15) is 11.5 Å². The summed E-state index contributed by atoms with van der Waals surface area (Å²) in [5.74, 6) is 1.04. The summed E-state index contributed by atoms with van der Waals surface area (Å²) in [6.07, 6.45) is 0. The van der Waals surface area contributed by atoms with Crippen LogP contribution in [0.2, 0.25) is 0 Å². The molecule has 2 aromatic rings. The molecular weight excluding hydrogens is 236 g/mol. The highest BCUT2D eigenvalue weighted by molar-refractivity contribution is 7.75. The fourth-order valence-electron chi connectivity index (χ4n) is 1.32. The van der Waals surface area contributed by atoms with Crippen LogP contribution in [-0.2, 0) is 11.4 Å². The van der Waals surface area contributed by atoms with Crippen molar-refractivity contribution in [2.24, 2.45) is 0 Å². The van der Waals surface area contributed by atoms with E-state index in [1.165, 1.54) is 0 Å². The van der Waals surface area contributed by atoms with Gasteiger partial charge in [0.05, 0.1) is 0 Å². The highest BCUT2D eigenvalue weighted by atomic mass is 32.2. The predicted octanol–water partition coefficient (Wildman–Crippen LogP) is 3.03. The third kappa shape index (κ3) is 3.60. The van der Waals surface area contributed by atoms with E-state index in [0.717, 1.165) is 5.56 Å². The number of para-hydroxylation sites is 1. The van der Waals surface area contributed by atoms with Gasteiger partial charge in [-0.2, -0.15) is 4.21 Å². The number of rotatable bonds is 4. The van der Waals surface area contributed by atoms with Gasteiger partial charge < -0.3 is 8.37 Å². The molecule has 0 saturated carbocycles. The van der Waals surface area contributed by atoms with Crippen LogP contribution in [0, 0.1) is 6.92 Å². The van der Waals surface area contributed by atoms with E-state index >= 15 is 0 Å². The van der Waals surface area contributed by atoms with Gasteiger partial charge in [-0.1, -0.05) is 30.3 Å². The second-order valence-corrected chi connectivity index (χ2v) is 4.24. The van der Waals surface area contributed by atoms with Crippen molar-refractivity contribution in [3.05, 3.63) is 60.2 Å². The van der Waals surface area contributed by atoms with Gasteiger partial charge in [0, 0.05) is 0 Å². The monoisotopic (exact) mass is 248 g/mol. The third-order valence-corrected chi connectivity index (χ3v) is 2.72. The summed E-state index contributed by atoms with van der Waals surface area (Å²) < 4.78 is 21.8. The minimum atomic E-state index is -1.83. The summed E-state index contributed by atoms with van der Waals surface area (Å²) in [6, 6.07) is 16.2. The van der Waals surface area contributed by atoms with Crippen molar-refractivity contribution in [3.8, 4) is 11.5 Å². The Kier molecular flexibility index (Phi) is 3.77. The molecule has 2 aromatic carbocycles. The summed E-state index contributed by atoms with van der Waals surface area (Å²) in [5, 5.41) is 0. The quantitative estimate of drug-likeness (QED) is 0.834. The normalized spacial score (nSPS) is 11.8. The maximum Gasteiger partial charge on any atom is 0.417 e. The van der Waals surface area contributed by atoms with Crippen molar-refractivity contribution in [1.29, 1.82) is 0 Å². The summed E-state index contributed by atoms with van der Waals surface area (Å²) in [7, 11) is 0. The van der Waals surface area contributed by atoms with E-state index in [1.54, 1.807) is 36.4 Å². The molecule has 0 aliphatic rings. The molecule has 0 fully saturated rings. The van der Waals surface area contributed by atoms with E-state index in [4.69, 9.17) is 8.37 Å². The lowest BCUT2D eigenvalue weighted by Crippen LogP contribution is -2.07. The maximum atomic E-state index is 11.6. The Morgan fingerprint density at radius 1 is 0.882 bits per heavy atom. The number of benzene rings is 2. The number of aryl methyl sites for hydroxylation is 1. The van der Waals surface area contributed by atoms with Gasteiger partial charge in [-0.05, 0) is 36.8 Å². The summed E-state index contributed by atoms with van der Waals surface area (Å²) in [4.78, 5) is 0. The first kappa shape index (κ1) is 11.7. The summed E-state index contributed by atoms with van der Waals surface area (Å²) >= 11 is -1.83. The zero-order valence-electron chi connectivity index (χ0n) is 9.33. The van der Waals surface area contributed by atoms with Gasteiger partial charge in [0.2, 0.25) is 0 Å². The fourth-order valence-corrected chi connectivity index (χ4v) is 1.88. The molecule has 3 nitrogen and oxygen atoms in total. The molecule has 0 aliphatic carbocycles. The average molecular weight is 248 g/mol. The largest absolute Gasteiger partial charge is 0.417 e. The van der Waals surface area contributed by atoms with Crippen LogP contribution in [0.3, 0.4) is 0 Å². The van der Waals surface area contributed by atoms with Crippen molar-refractivity contribution in [3.63, 3.8) is 0 Å². The standard InChI is InChI=1S/C13H12O3S/c1-11-6-5-9-13(10-11)16-17(14)15-12-7-3-2-4-8-12/h2-10H,1H3. The SMILES string of the molecule is Cc1cccc(OS(=O)Oc2ccccc2)c1. The smallest absolute Gasteiger partial charge is 0.371 e. The van der Waals surface area contributed by atoms with Crippen molar-refractivity contribution in [1.82, 2.24) is 0 Å². The molecule has 0 N–H and O–H groups in total. The first-order valence-electron chi connectivity index (χ1n) is 5.14. The second-order valence-electron chi connectivity index (χ2n) is 3.50. The lowest BCUT2D eigenvalue weighted by Gasteiger charge is -2.05. The highest BCUT2D eigenvalue weighted by Crippen LogP contribution is 2.16. The van der Waals surface area contributed by atoms with E-state index in [9.17, 15) is 4.21 Å². The lowest BCUT2D eigenvalue weighted by molar-refractivity contribution is 0.461. The van der Waals surface area contributed by atoms with Gasteiger partial charge in [-0.25, -0.2) is 0 Å². The van der Waals surface area contributed by atoms with Crippen LogP contribution in [0.1, 0.15) is 5.56 Å². The molecule has 0 amide bonds. The van der Waals surface area contributed by atoms with Crippen LogP contribution >= 0.6 is 0 Å². The van der Waals surface area contributed by atoms with E-state index in [0.29, 0.717) is 11.5 Å². The molecule has 1 atom stereocenters. The van der Waals surface area contributed by atoms with Crippen LogP contribution in [-0.4, -0.2) is 4.21 Å². The van der Waals surface area contributed by atoms with Crippen LogP contribution < -0.4 is 8.37 Å². The molecule has 0 aliphatic heterocycles. The molecule has 0 aromatic heterocycles. The van der Waals surface area contributed by atoms with E-state index < -0.39 is 11.4 Å². The van der Waals surface area contributed by atoms with Gasteiger partial charge in [0.15, 0.2) is 0 Å². The van der Waals surface area contributed by atoms with Crippen molar-refractivity contribution < 1.29 is 12.6 Å². The van der Waals surface area contributed by atoms with Crippen molar-refractivity contribution in [2.45, 2.75) is 6.92 Å². The maximum absolute atomic E-state index is 11.6. The Morgan fingerprint density at radius 2 is 1.53 bits per heavy atom. The molecule has 0 spiro atoms. The Bertz CT molecular complexity index is 511. The van der Waals surface area contributed by atoms with Gasteiger partial charge >= 0.3 is 11.4 Å². The zero-order chi connectivity index (χ0) is 12.1. The summed E-state index contributed by atoms with van der Waals surface area (Å²) in [5.41, 5.74) is 1.04. The highest BCUT2D eigenvalue weighted by Gasteiger charge is 2.05. The zero-order valence-corrected chi connectivity index (χ0v) is 10.1. The minimum absolute atomic E-state index is 0.512. The van der Waals surface area contributed by atoms with Gasteiger partial charge in [-0.15, -0.1) is 0 Å². The molecule has 0 heterocycles. The number of hydrogen-bond acceptors (Lipinski definition) is 3. The molecule has 4 heteroatoms. The van der Waals surface area contributed by atoms with Crippen LogP contribution in [0.5, 0.6) is 11.5 Å². The second kappa shape index (κ2) is 5.50. The summed E-state index contributed by atoms with van der Waals surface area (Å²) in [6.45, 7) is 1.94. The molecule has 17 heavy (non-hydrogen) atoms. The average Bonchev–Trinajstić information content (AvgIpc) is 2.30. The van der Waals surface area contributed by atoms with E-state index in [-0.39, 0.29) is 0 Å². The molecule has 0 saturated heterocycles. The molecule has 1 unspecified atom stereocenters. The van der Waals surface area contributed by atoms with Crippen LogP contribution in [0.15, 0.2) is 54.6 Å². The van der Waals surface area contributed by atoms with E-state index in [1.807, 2.05) is 25.1 Å². The van der Waals surface area contributed by atoms with Crippen LogP contribution in [0.25, 0.3) is 0 Å². The van der Waals surface area contributed by atoms with Gasteiger partial charge in [0.25, 0.3) is 0 Å². The van der Waals surface area contributed by atoms with Crippen molar-refractivity contribution >= 4 is 11.4 Å². The van der Waals surface area contributed by atoms with Crippen LogP contribution in [0.4, 0.5) is 0 Å². The minimum Gasteiger partial charge on any atom is -0.371 e. The topological polar surface area (TPSA) is 35.5 Å². The molecule has 0 bridgehead atoms. The molecule has 0 radical (unpaired) electrons. The molecule has 88 valence electrons. The first-order valence-corrected chi connectivity index (χ1v) is 6.14.